The van der Waals surface area contributed by atoms with Crippen LogP contribution in [-0.2, 0) is 0 Å². The Bertz CT molecular complexity index is 599. The van der Waals surface area contributed by atoms with E-state index in [0.717, 1.165) is 17.4 Å². The molecule has 0 bridgehead atoms. The van der Waals surface area contributed by atoms with Crippen LogP contribution in [0.5, 0.6) is 5.75 Å². The first-order chi connectivity index (χ1) is 11.2. The molecule has 1 aromatic rings. The normalized spacial score (nSPS) is 26.5. The molecule has 0 saturated heterocycles. The lowest BCUT2D eigenvalue weighted by Gasteiger charge is -2.31. The number of benzene rings is 1. The second-order valence-corrected chi connectivity index (χ2v) is 6.75. The van der Waals surface area contributed by atoms with E-state index in [2.05, 4.69) is 31.3 Å². The predicted octanol–water partition coefficient (Wildman–Crippen LogP) is 3.74. The molecule has 124 valence electrons. The number of nitrogens with zero attached hydrogens (tertiary/aromatic N) is 2. The van der Waals surface area contributed by atoms with Gasteiger partial charge in [-0.05, 0) is 55.6 Å². The Balaban J connectivity index is 1.94. The maximum absolute atomic E-state index is 5.58. The van der Waals surface area contributed by atoms with Gasteiger partial charge in [0.05, 0.1) is 13.2 Å². The number of fused-ring (bicyclic) bond motifs is 1. The number of hydrazone groups is 1. The minimum Gasteiger partial charge on any atom is -0.497 e. The SMILES string of the molecule is CCNC(=S)N1N=C2C(C)CCC[C@@H]2[C@@H]1c1ccc(OC)cc1. The zero-order valence-electron chi connectivity index (χ0n) is 14.1. The van der Waals surface area contributed by atoms with E-state index in [4.69, 9.17) is 22.1 Å². The lowest BCUT2D eigenvalue weighted by molar-refractivity contribution is 0.293. The van der Waals surface area contributed by atoms with Crippen LogP contribution in [0.1, 0.15) is 44.7 Å². The summed E-state index contributed by atoms with van der Waals surface area (Å²) >= 11 is 5.58. The van der Waals surface area contributed by atoms with Crippen LogP contribution >= 0.6 is 12.2 Å². The van der Waals surface area contributed by atoms with E-state index in [-0.39, 0.29) is 6.04 Å². The average molecular weight is 331 g/mol. The first-order valence-electron chi connectivity index (χ1n) is 8.45. The van der Waals surface area contributed by atoms with Gasteiger partial charge in [0.2, 0.25) is 0 Å². The zero-order valence-corrected chi connectivity index (χ0v) is 14.9. The number of hydrogen-bond donors (Lipinski definition) is 1. The van der Waals surface area contributed by atoms with Gasteiger partial charge in [-0.1, -0.05) is 25.5 Å². The first-order valence-corrected chi connectivity index (χ1v) is 8.86. The van der Waals surface area contributed by atoms with Gasteiger partial charge in [0.15, 0.2) is 5.11 Å². The quantitative estimate of drug-likeness (QED) is 0.856. The van der Waals surface area contributed by atoms with E-state index in [1.54, 1.807) is 7.11 Å². The van der Waals surface area contributed by atoms with E-state index >= 15 is 0 Å². The number of hydrogen-bond acceptors (Lipinski definition) is 3. The van der Waals surface area contributed by atoms with Crippen molar-refractivity contribution in [1.82, 2.24) is 10.3 Å². The number of nitrogens with one attached hydrogen (secondary N) is 1. The molecule has 1 N–H and O–H groups in total. The van der Waals surface area contributed by atoms with Crippen LogP contribution in [0.4, 0.5) is 0 Å². The Labute approximate surface area is 143 Å². The second kappa shape index (κ2) is 6.87. The monoisotopic (exact) mass is 331 g/mol. The van der Waals surface area contributed by atoms with Gasteiger partial charge in [-0.25, -0.2) is 5.01 Å². The summed E-state index contributed by atoms with van der Waals surface area (Å²) in [6.45, 7) is 5.17. The highest BCUT2D eigenvalue weighted by Crippen LogP contribution is 2.44. The fraction of sp³-hybridized carbons (Fsp3) is 0.556. The molecule has 23 heavy (non-hydrogen) atoms. The maximum Gasteiger partial charge on any atom is 0.190 e. The molecule has 0 spiro atoms. The molecule has 4 nitrogen and oxygen atoms in total. The van der Waals surface area contributed by atoms with Crippen molar-refractivity contribution in [3.05, 3.63) is 29.8 Å². The third-order valence-corrected chi connectivity index (χ3v) is 5.23. The summed E-state index contributed by atoms with van der Waals surface area (Å²) < 4.78 is 5.29. The average Bonchev–Trinajstić information content (AvgIpc) is 2.96. The molecule has 5 heteroatoms. The van der Waals surface area contributed by atoms with E-state index in [0.29, 0.717) is 11.8 Å². The van der Waals surface area contributed by atoms with Gasteiger partial charge in [-0.3, -0.25) is 0 Å². The Hall–Kier alpha value is -1.62. The van der Waals surface area contributed by atoms with Crippen LogP contribution < -0.4 is 10.1 Å². The molecule has 1 heterocycles. The Kier molecular flexibility index (Phi) is 4.85. The minimum absolute atomic E-state index is 0.199. The fourth-order valence-corrected chi connectivity index (χ4v) is 4.03. The van der Waals surface area contributed by atoms with Crippen molar-refractivity contribution in [1.29, 1.82) is 0 Å². The molecule has 2 aliphatic rings. The van der Waals surface area contributed by atoms with Gasteiger partial charge >= 0.3 is 0 Å². The zero-order chi connectivity index (χ0) is 16.4. The largest absolute Gasteiger partial charge is 0.497 e. The Morgan fingerprint density at radius 3 is 2.74 bits per heavy atom. The molecule has 0 radical (unpaired) electrons. The van der Waals surface area contributed by atoms with Crippen LogP contribution in [0.3, 0.4) is 0 Å². The summed E-state index contributed by atoms with van der Waals surface area (Å²) in [6, 6.07) is 8.53. The van der Waals surface area contributed by atoms with Crippen molar-refractivity contribution in [2.45, 2.75) is 39.2 Å². The Morgan fingerprint density at radius 2 is 2.09 bits per heavy atom. The van der Waals surface area contributed by atoms with Crippen molar-refractivity contribution < 1.29 is 4.74 Å². The molecule has 1 unspecified atom stereocenters. The first kappa shape index (κ1) is 16.2. The number of rotatable bonds is 3. The Morgan fingerprint density at radius 1 is 1.35 bits per heavy atom. The number of thiocarbonyl (C=S) groups is 1. The smallest absolute Gasteiger partial charge is 0.190 e. The van der Waals surface area contributed by atoms with Crippen molar-refractivity contribution >= 4 is 23.0 Å². The number of ether oxygens (including phenoxy) is 1. The third kappa shape index (κ3) is 3.07. The molecule has 3 atom stereocenters. The van der Waals surface area contributed by atoms with Crippen molar-refractivity contribution in [3.63, 3.8) is 0 Å². The van der Waals surface area contributed by atoms with Crippen molar-refractivity contribution in [2.24, 2.45) is 16.9 Å². The van der Waals surface area contributed by atoms with Crippen molar-refractivity contribution in [3.8, 4) is 5.75 Å². The molecule has 3 rings (SSSR count). The summed E-state index contributed by atoms with van der Waals surface area (Å²) in [4.78, 5) is 0. The molecular formula is C18H25N3OS. The fourth-order valence-electron chi connectivity index (χ4n) is 3.73. The van der Waals surface area contributed by atoms with Crippen molar-refractivity contribution in [2.75, 3.05) is 13.7 Å². The summed E-state index contributed by atoms with van der Waals surface area (Å²) in [5.74, 6) is 1.89. The van der Waals surface area contributed by atoms with Gasteiger partial charge in [0.25, 0.3) is 0 Å². The van der Waals surface area contributed by atoms with Gasteiger partial charge < -0.3 is 10.1 Å². The van der Waals surface area contributed by atoms with Crippen LogP contribution in [0.15, 0.2) is 29.4 Å². The summed E-state index contributed by atoms with van der Waals surface area (Å²) in [5, 5.41) is 10.9. The molecule has 1 aromatic carbocycles. The van der Waals surface area contributed by atoms with Gasteiger partial charge in [0.1, 0.15) is 5.75 Å². The molecule has 1 aliphatic heterocycles. The highest BCUT2D eigenvalue weighted by Gasteiger charge is 2.43. The molecule has 1 fully saturated rings. The van der Waals surface area contributed by atoms with Gasteiger partial charge in [0, 0.05) is 18.2 Å². The summed E-state index contributed by atoms with van der Waals surface area (Å²) in [5.41, 5.74) is 2.57. The van der Waals surface area contributed by atoms with E-state index < -0.39 is 0 Å². The van der Waals surface area contributed by atoms with Crippen LogP contribution in [0, 0.1) is 11.8 Å². The third-order valence-electron chi connectivity index (χ3n) is 4.90. The lowest BCUT2D eigenvalue weighted by Crippen LogP contribution is -2.38. The van der Waals surface area contributed by atoms with Gasteiger partial charge in [-0.2, -0.15) is 5.10 Å². The molecule has 0 amide bonds. The summed E-state index contributed by atoms with van der Waals surface area (Å²) in [7, 11) is 1.70. The topological polar surface area (TPSA) is 36.9 Å². The minimum atomic E-state index is 0.199. The van der Waals surface area contributed by atoms with E-state index in [1.807, 2.05) is 17.1 Å². The molecule has 0 aromatic heterocycles. The van der Waals surface area contributed by atoms with Gasteiger partial charge in [-0.15, -0.1) is 0 Å². The van der Waals surface area contributed by atoms with Crippen LogP contribution in [0.2, 0.25) is 0 Å². The maximum atomic E-state index is 5.58. The lowest BCUT2D eigenvalue weighted by atomic mass is 9.76. The highest BCUT2D eigenvalue weighted by atomic mass is 32.1. The van der Waals surface area contributed by atoms with E-state index in [9.17, 15) is 0 Å². The molecular weight excluding hydrogens is 306 g/mol. The number of methoxy groups -OCH3 is 1. The predicted molar refractivity (Wildman–Crippen MR) is 97.8 cm³/mol. The molecule has 1 saturated carbocycles. The van der Waals surface area contributed by atoms with Crippen LogP contribution in [0.25, 0.3) is 0 Å². The standard InChI is InChI=1S/C18H25N3OS/c1-4-19-18(23)21-17(13-8-10-14(22-3)11-9-13)15-7-5-6-12(2)16(15)20-21/h8-12,15,17H,4-7H2,1-3H3,(H,19,23)/t12?,15-,17-/m0/s1. The second-order valence-electron chi connectivity index (χ2n) is 6.36. The highest BCUT2D eigenvalue weighted by molar-refractivity contribution is 7.80. The summed E-state index contributed by atoms with van der Waals surface area (Å²) in [6.07, 6.45) is 3.68. The molecule has 1 aliphatic carbocycles. The van der Waals surface area contributed by atoms with E-state index in [1.165, 1.54) is 30.5 Å². The van der Waals surface area contributed by atoms with Crippen LogP contribution in [-0.4, -0.2) is 29.5 Å².